The summed E-state index contributed by atoms with van der Waals surface area (Å²) in [6, 6.07) is 7.29. The molecule has 0 aromatic heterocycles. The van der Waals surface area contributed by atoms with Crippen molar-refractivity contribution in [3.63, 3.8) is 0 Å². The summed E-state index contributed by atoms with van der Waals surface area (Å²) < 4.78 is 5.06. The van der Waals surface area contributed by atoms with Crippen LogP contribution in [0.2, 0.25) is 0 Å². The first-order valence-electron chi connectivity index (χ1n) is 6.75. The molecule has 2 rings (SSSR count). The number of methoxy groups -OCH3 is 1. The highest BCUT2D eigenvalue weighted by atomic mass is 16.5. The summed E-state index contributed by atoms with van der Waals surface area (Å²) in [5, 5.41) is 2.84. The van der Waals surface area contributed by atoms with Gasteiger partial charge >= 0.3 is 0 Å². The van der Waals surface area contributed by atoms with Crippen molar-refractivity contribution in [3.8, 4) is 5.75 Å². The standard InChI is InChI=1S/C15H20N2O3/c1-10(2)17-9-11(8-14(17)18)15(19)16-12-4-6-13(20-3)7-5-12/h4-7,10-11H,8-9H2,1-3H3,(H,16,19)/t11-/m0/s1. The van der Waals surface area contributed by atoms with Crippen LogP contribution in [0.25, 0.3) is 0 Å². The Morgan fingerprint density at radius 1 is 1.35 bits per heavy atom. The highest BCUT2D eigenvalue weighted by Gasteiger charge is 2.35. The Hall–Kier alpha value is -2.04. The number of carbonyl (C=O) groups excluding carboxylic acids is 2. The topological polar surface area (TPSA) is 58.6 Å². The van der Waals surface area contributed by atoms with Crippen LogP contribution in [0.15, 0.2) is 24.3 Å². The van der Waals surface area contributed by atoms with Crippen LogP contribution < -0.4 is 10.1 Å². The molecule has 20 heavy (non-hydrogen) atoms. The zero-order chi connectivity index (χ0) is 14.7. The number of amides is 2. The zero-order valence-corrected chi connectivity index (χ0v) is 12.1. The average Bonchev–Trinajstić information content (AvgIpc) is 2.82. The highest BCUT2D eigenvalue weighted by molar-refractivity contribution is 5.97. The fourth-order valence-corrected chi connectivity index (χ4v) is 2.32. The molecule has 1 aliphatic heterocycles. The van der Waals surface area contributed by atoms with Crippen LogP contribution in [0.3, 0.4) is 0 Å². The van der Waals surface area contributed by atoms with Crippen molar-refractivity contribution < 1.29 is 14.3 Å². The number of hydrogen-bond donors (Lipinski definition) is 1. The second kappa shape index (κ2) is 5.94. The van der Waals surface area contributed by atoms with Gasteiger partial charge in [0, 0.05) is 24.7 Å². The third-order valence-corrected chi connectivity index (χ3v) is 3.51. The Morgan fingerprint density at radius 3 is 2.50 bits per heavy atom. The molecule has 0 spiro atoms. The Morgan fingerprint density at radius 2 is 2.00 bits per heavy atom. The van der Waals surface area contributed by atoms with Gasteiger partial charge in [0.15, 0.2) is 0 Å². The lowest BCUT2D eigenvalue weighted by atomic mass is 10.1. The minimum Gasteiger partial charge on any atom is -0.497 e. The third kappa shape index (κ3) is 3.10. The zero-order valence-electron chi connectivity index (χ0n) is 12.1. The first-order chi connectivity index (χ1) is 9.51. The molecule has 1 saturated heterocycles. The van der Waals surface area contributed by atoms with Crippen molar-refractivity contribution in [2.24, 2.45) is 5.92 Å². The summed E-state index contributed by atoms with van der Waals surface area (Å²) in [7, 11) is 1.60. The first kappa shape index (κ1) is 14.4. The van der Waals surface area contributed by atoms with Crippen LogP contribution in [0, 0.1) is 5.92 Å². The van der Waals surface area contributed by atoms with Crippen LogP contribution in [-0.2, 0) is 9.59 Å². The lowest BCUT2D eigenvalue weighted by Crippen LogP contribution is -2.33. The van der Waals surface area contributed by atoms with E-state index in [0.717, 1.165) is 5.75 Å². The Kier molecular flexibility index (Phi) is 4.27. The van der Waals surface area contributed by atoms with Crippen molar-refractivity contribution >= 4 is 17.5 Å². The molecule has 1 heterocycles. The molecule has 1 atom stereocenters. The quantitative estimate of drug-likeness (QED) is 0.913. The predicted octanol–water partition coefficient (Wildman–Crippen LogP) is 1.89. The maximum absolute atomic E-state index is 12.2. The van der Waals surface area contributed by atoms with E-state index in [2.05, 4.69) is 5.32 Å². The van der Waals surface area contributed by atoms with Gasteiger partial charge in [0.1, 0.15) is 5.75 Å². The van der Waals surface area contributed by atoms with Gasteiger partial charge in [-0.05, 0) is 38.1 Å². The van der Waals surface area contributed by atoms with Crippen LogP contribution in [0.1, 0.15) is 20.3 Å². The van der Waals surface area contributed by atoms with Crippen LogP contribution >= 0.6 is 0 Å². The average molecular weight is 276 g/mol. The molecule has 5 nitrogen and oxygen atoms in total. The van der Waals surface area contributed by atoms with E-state index in [1.807, 2.05) is 13.8 Å². The van der Waals surface area contributed by atoms with Crippen molar-refractivity contribution in [2.75, 3.05) is 19.0 Å². The van der Waals surface area contributed by atoms with Gasteiger partial charge in [-0.3, -0.25) is 9.59 Å². The number of nitrogens with zero attached hydrogens (tertiary/aromatic N) is 1. The molecule has 1 aliphatic rings. The lowest BCUT2D eigenvalue weighted by molar-refractivity contribution is -0.129. The normalized spacial score (nSPS) is 18.5. The van der Waals surface area contributed by atoms with Crippen molar-refractivity contribution in [1.29, 1.82) is 0 Å². The number of benzene rings is 1. The van der Waals surface area contributed by atoms with E-state index in [-0.39, 0.29) is 23.8 Å². The molecule has 2 amide bonds. The van der Waals surface area contributed by atoms with E-state index in [4.69, 9.17) is 4.74 Å². The number of likely N-dealkylation sites (tertiary alicyclic amines) is 1. The molecule has 1 N–H and O–H groups in total. The maximum atomic E-state index is 12.2. The Bertz CT molecular complexity index is 496. The molecule has 0 radical (unpaired) electrons. The van der Waals surface area contributed by atoms with E-state index < -0.39 is 0 Å². The van der Waals surface area contributed by atoms with Gasteiger partial charge in [-0.15, -0.1) is 0 Å². The highest BCUT2D eigenvalue weighted by Crippen LogP contribution is 2.22. The van der Waals surface area contributed by atoms with Gasteiger partial charge in [0.2, 0.25) is 11.8 Å². The molecule has 0 saturated carbocycles. The predicted molar refractivity (Wildman–Crippen MR) is 76.6 cm³/mol. The van der Waals surface area contributed by atoms with Gasteiger partial charge in [0.25, 0.3) is 0 Å². The fraction of sp³-hybridized carbons (Fsp3) is 0.467. The fourth-order valence-electron chi connectivity index (χ4n) is 2.32. The number of nitrogens with one attached hydrogen (secondary N) is 1. The minimum absolute atomic E-state index is 0.0508. The molecule has 0 unspecified atom stereocenters. The molecule has 5 heteroatoms. The van der Waals surface area contributed by atoms with Gasteiger partial charge in [-0.25, -0.2) is 0 Å². The molecular weight excluding hydrogens is 256 g/mol. The molecule has 1 aromatic rings. The van der Waals surface area contributed by atoms with E-state index in [9.17, 15) is 9.59 Å². The van der Waals surface area contributed by atoms with Crippen LogP contribution in [0.5, 0.6) is 5.75 Å². The summed E-state index contributed by atoms with van der Waals surface area (Å²) in [4.78, 5) is 25.7. The van der Waals surface area contributed by atoms with Gasteiger partial charge in [0.05, 0.1) is 13.0 Å². The minimum atomic E-state index is -0.271. The molecular formula is C15H20N2O3. The number of carbonyl (C=O) groups is 2. The number of ether oxygens (including phenoxy) is 1. The first-order valence-corrected chi connectivity index (χ1v) is 6.75. The summed E-state index contributed by atoms with van der Waals surface area (Å²) in [6.07, 6.45) is 0.292. The van der Waals surface area contributed by atoms with Gasteiger partial charge < -0.3 is 15.0 Å². The van der Waals surface area contributed by atoms with E-state index in [1.54, 1.807) is 36.3 Å². The van der Waals surface area contributed by atoms with Crippen molar-refractivity contribution in [1.82, 2.24) is 4.90 Å². The second-order valence-corrected chi connectivity index (χ2v) is 5.26. The lowest BCUT2D eigenvalue weighted by Gasteiger charge is -2.20. The molecule has 1 aromatic carbocycles. The molecule has 0 bridgehead atoms. The Balaban J connectivity index is 1.97. The van der Waals surface area contributed by atoms with Crippen molar-refractivity contribution in [3.05, 3.63) is 24.3 Å². The van der Waals surface area contributed by atoms with E-state index in [0.29, 0.717) is 18.7 Å². The maximum Gasteiger partial charge on any atom is 0.229 e. The third-order valence-electron chi connectivity index (χ3n) is 3.51. The van der Waals surface area contributed by atoms with Crippen LogP contribution in [-0.4, -0.2) is 36.4 Å². The number of rotatable bonds is 4. The van der Waals surface area contributed by atoms with E-state index >= 15 is 0 Å². The number of anilines is 1. The van der Waals surface area contributed by atoms with Crippen molar-refractivity contribution in [2.45, 2.75) is 26.3 Å². The monoisotopic (exact) mass is 276 g/mol. The smallest absolute Gasteiger partial charge is 0.229 e. The SMILES string of the molecule is COc1ccc(NC(=O)[C@H]2CC(=O)N(C(C)C)C2)cc1. The largest absolute Gasteiger partial charge is 0.497 e. The van der Waals surface area contributed by atoms with Crippen LogP contribution in [0.4, 0.5) is 5.69 Å². The second-order valence-electron chi connectivity index (χ2n) is 5.26. The molecule has 108 valence electrons. The summed E-state index contributed by atoms with van der Waals surface area (Å²) in [5.41, 5.74) is 0.714. The summed E-state index contributed by atoms with van der Waals surface area (Å²) in [5.74, 6) is 0.415. The molecule has 0 aliphatic carbocycles. The van der Waals surface area contributed by atoms with Gasteiger partial charge in [-0.2, -0.15) is 0 Å². The summed E-state index contributed by atoms with van der Waals surface area (Å²) in [6.45, 7) is 4.42. The molecule has 1 fully saturated rings. The Labute approximate surface area is 118 Å². The number of hydrogen-bond acceptors (Lipinski definition) is 3. The summed E-state index contributed by atoms with van der Waals surface area (Å²) >= 11 is 0. The van der Waals surface area contributed by atoms with Gasteiger partial charge in [-0.1, -0.05) is 0 Å². The van der Waals surface area contributed by atoms with E-state index in [1.165, 1.54) is 0 Å².